The van der Waals surface area contributed by atoms with Crippen LogP contribution in [0, 0.1) is 20.8 Å². The molecular weight excluding hydrogens is 538 g/mol. The largest absolute Gasteiger partial charge is 0.497 e. The number of sulfonamides is 1. The third kappa shape index (κ3) is 8.10. The predicted molar refractivity (Wildman–Crippen MR) is 163 cm³/mol. The molecule has 3 rings (SSSR count). The van der Waals surface area contributed by atoms with E-state index in [2.05, 4.69) is 5.32 Å². The van der Waals surface area contributed by atoms with Gasteiger partial charge in [-0.1, -0.05) is 42.8 Å². The molecule has 0 aliphatic heterocycles. The van der Waals surface area contributed by atoms with Crippen LogP contribution in [0.2, 0.25) is 0 Å². The molecule has 220 valence electrons. The third-order valence-electron chi connectivity index (χ3n) is 7.06. The zero-order chi connectivity index (χ0) is 30.3. The van der Waals surface area contributed by atoms with Gasteiger partial charge in [0.05, 0.1) is 17.7 Å². The molecule has 0 heterocycles. The lowest BCUT2D eigenvalue weighted by molar-refractivity contribution is -0.139. The summed E-state index contributed by atoms with van der Waals surface area (Å²) in [6, 6.07) is 18.3. The smallest absolute Gasteiger partial charge is 0.264 e. The van der Waals surface area contributed by atoms with Gasteiger partial charge in [-0.25, -0.2) is 8.42 Å². The van der Waals surface area contributed by atoms with Crippen LogP contribution in [-0.2, 0) is 26.2 Å². The Balaban J connectivity index is 2.05. The van der Waals surface area contributed by atoms with Gasteiger partial charge in [0.2, 0.25) is 11.8 Å². The monoisotopic (exact) mass is 579 g/mol. The number of nitrogens with one attached hydrogen (secondary N) is 1. The summed E-state index contributed by atoms with van der Waals surface area (Å²) in [6.07, 6.45) is 0.736. The van der Waals surface area contributed by atoms with E-state index in [1.165, 1.54) is 4.90 Å². The standard InChI is InChI=1S/C32H41N3O5S/c1-8-25(5)33-32(37)26(6)34(20-27-11-13-29(40-7)14-12-27)31(36)21-35(28-18-23(3)17-24(4)19-28)41(38,39)30-15-9-22(2)10-16-30/h9-19,25-26H,8,20-21H2,1-7H3,(H,33,37)/t25-,26-/m1/s1. The van der Waals surface area contributed by atoms with E-state index in [4.69, 9.17) is 4.74 Å². The van der Waals surface area contributed by atoms with Gasteiger partial charge < -0.3 is 15.0 Å². The van der Waals surface area contributed by atoms with Gasteiger partial charge in [-0.3, -0.25) is 13.9 Å². The van der Waals surface area contributed by atoms with Crippen molar-refractivity contribution in [2.24, 2.45) is 0 Å². The van der Waals surface area contributed by atoms with Crippen LogP contribution in [0.5, 0.6) is 5.75 Å². The Labute approximate surface area is 244 Å². The Morgan fingerprint density at radius 3 is 2.00 bits per heavy atom. The highest BCUT2D eigenvalue weighted by molar-refractivity contribution is 7.92. The van der Waals surface area contributed by atoms with E-state index in [-0.39, 0.29) is 23.4 Å². The maximum absolute atomic E-state index is 14.1. The topological polar surface area (TPSA) is 96.0 Å². The number of hydrogen-bond acceptors (Lipinski definition) is 5. The lowest BCUT2D eigenvalue weighted by Gasteiger charge is -2.32. The van der Waals surface area contributed by atoms with Gasteiger partial charge in [0.15, 0.2) is 0 Å². The van der Waals surface area contributed by atoms with Gasteiger partial charge in [0.25, 0.3) is 10.0 Å². The maximum atomic E-state index is 14.1. The van der Waals surface area contributed by atoms with Crippen molar-refractivity contribution in [2.45, 2.75) is 71.5 Å². The van der Waals surface area contributed by atoms with Crippen LogP contribution in [0.25, 0.3) is 0 Å². The lowest BCUT2D eigenvalue weighted by atomic mass is 10.1. The zero-order valence-electron chi connectivity index (χ0n) is 25.0. The van der Waals surface area contributed by atoms with Gasteiger partial charge in [0, 0.05) is 12.6 Å². The number of carbonyl (C=O) groups is 2. The van der Waals surface area contributed by atoms with Gasteiger partial charge in [-0.15, -0.1) is 0 Å². The minimum absolute atomic E-state index is 0.0726. The molecule has 0 fully saturated rings. The number of ether oxygens (including phenoxy) is 1. The minimum atomic E-state index is -4.11. The third-order valence-corrected chi connectivity index (χ3v) is 8.85. The van der Waals surface area contributed by atoms with Crippen molar-refractivity contribution in [3.05, 3.63) is 89.0 Å². The van der Waals surface area contributed by atoms with E-state index in [0.717, 1.165) is 33.0 Å². The van der Waals surface area contributed by atoms with Crippen molar-refractivity contribution < 1.29 is 22.7 Å². The SMILES string of the molecule is CC[C@@H](C)NC(=O)[C@@H](C)N(Cc1ccc(OC)cc1)C(=O)CN(c1cc(C)cc(C)c1)S(=O)(=O)c1ccc(C)cc1. The van der Waals surface area contributed by atoms with Crippen LogP contribution in [0.4, 0.5) is 5.69 Å². The minimum Gasteiger partial charge on any atom is -0.497 e. The number of aryl methyl sites for hydroxylation is 3. The van der Waals surface area contributed by atoms with Crippen LogP contribution in [0.15, 0.2) is 71.6 Å². The second kappa shape index (κ2) is 13.7. The van der Waals surface area contributed by atoms with Crippen molar-refractivity contribution in [1.82, 2.24) is 10.2 Å². The van der Waals surface area contributed by atoms with Gasteiger partial charge in [0.1, 0.15) is 18.3 Å². The quantitative estimate of drug-likeness (QED) is 0.320. The van der Waals surface area contributed by atoms with Crippen molar-refractivity contribution >= 4 is 27.5 Å². The van der Waals surface area contributed by atoms with Crippen molar-refractivity contribution in [1.29, 1.82) is 0 Å². The lowest BCUT2D eigenvalue weighted by Crippen LogP contribution is -2.52. The molecular formula is C32H41N3O5S. The van der Waals surface area contributed by atoms with Gasteiger partial charge in [-0.05, 0) is 94.1 Å². The van der Waals surface area contributed by atoms with E-state index in [1.807, 2.05) is 52.8 Å². The first-order chi connectivity index (χ1) is 19.3. The molecule has 0 bridgehead atoms. The molecule has 9 heteroatoms. The average molecular weight is 580 g/mol. The van der Waals surface area contributed by atoms with Crippen LogP contribution in [-0.4, -0.2) is 50.9 Å². The van der Waals surface area contributed by atoms with Gasteiger partial charge >= 0.3 is 0 Å². The molecule has 2 amide bonds. The van der Waals surface area contributed by atoms with E-state index >= 15 is 0 Å². The van der Waals surface area contributed by atoms with Gasteiger partial charge in [-0.2, -0.15) is 0 Å². The van der Waals surface area contributed by atoms with Crippen molar-refractivity contribution in [3.63, 3.8) is 0 Å². The molecule has 8 nitrogen and oxygen atoms in total. The molecule has 0 aliphatic rings. The summed E-state index contributed by atoms with van der Waals surface area (Å²) in [5, 5.41) is 2.95. The Morgan fingerprint density at radius 1 is 0.878 bits per heavy atom. The number of methoxy groups -OCH3 is 1. The molecule has 0 radical (unpaired) electrons. The molecule has 3 aromatic carbocycles. The van der Waals surface area contributed by atoms with E-state index in [1.54, 1.807) is 62.6 Å². The summed E-state index contributed by atoms with van der Waals surface area (Å²) in [5.74, 6) is -0.137. The Morgan fingerprint density at radius 2 is 1.46 bits per heavy atom. The number of nitrogens with zero attached hydrogens (tertiary/aromatic N) is 2. The molecule has 0 saturated carbocycles. The molecule has 0 aliphatic carbocycles. The molecule has 3 aromatic rings. The van der Waals surface area contributed by atoms with E-state index in [9.17, 15) is 18.0 Å². The van der Waals surface area contributed by atoms with Crippen LogP contribution in [0.3, 0.4) is 0 Å². The Bertz CT molecular complexity index is 1430. The number of anilines is 1. The fourth-order valence-electron chi connectivity index (χ4n) is 4.44. The molecule has 0 saturated heterocycles. The first-order valence-corrected chi connectivity index (χ1v) is 15.2. The highest BCUT2D eigenvalue weighted by Gasteiger charge is 2.33. The molecule has 2 atom stereocenters. The second-order valence-corrected chi connectivity index (χ2v) is 12.4. The van der Waals surface area contributed by atoms with Crippen LogP contribution < -0.4 is 14.4 Å². The van der Waals surface area contributed by atoms with Crippen molar-refractivity contribution in [3.8, 4) is 5.75 Å². The summed E-state index contributed by atoms with van der Waals surface area (Å²) in [5.41, 5.74) is 3.82. The summed E-state index contributed by atoms with van der Waals surface area (Å²) in [6.45, 7) is 10.8. The normalized spacial score (nSPS) is 12.8. The number of rotatable bonds is 12. The summed E-state index contributed by atoms with van der Waals surface area (Å²) < 4.78 is 34.4. The van der Waals surface area contributed by atoms with E-state index in [0.29, 0.717) is 11.4 Å². The summed E-state index contributed by atoms with van der Waals surface area (Å²) in [4.78, 5) is 28.8. The molecule has 0 aromatic heterocycles. The zero-order valence-corrected chi connectivity index (χ0v) is 25.8. The highest BCUT2D eigenvalue weighted by atomic mass is 32.2. The molecule has 0 unspecified atom stereocenters. The number of carbonyl (C=O) groups excluding carboxylic acids is 2. The number of amides is 2. The first kappa shape index (κ1) is 31.7. The molecule has 41 heavy (non-hydrogen) atoms. The maximum Gasteiger partial charge on any atom is 0.264 e. The summed E-state index contributed by atoms with van der Waals surface area (Å²) >= 11 is 0. The van der Waals surface area contributed by atoms with E-state index < -0.39 is 28.5 Å². The van der Waals surface area contributed by atoms with Crippen LogP contribution >= 0.6 is 0 Å². The number of hydrogen-bond donors (Lipinski definition) is 1. The predicted octanol–water partition coefficient (Wildman–Crippen LogP) is 5.15. The summed E-state index contributed by atoms with van der Waals surface area (Å²) in [7, 11) is -2.54. The average Bonchev–Trinajstić information content (AvgIpc) is 2.93. The molecule has 1 N–H and O–H groups in total. The Kier molecular flexibility index (Phi) is 10.6. The first-order valence-electron chi connectivity index (χ1n) is 13.8. The number of benzene rings is 3. The fourth-order valence-corrected chi connectivity index (χ4v) is 5.83. The highest BCUT2D eigenvalue weighted by Crippen LogP contribution is 2.27. The van der Waals surface area contributed by atoms with Crippen molar-refractivity contribution in [2.75, 3.05) is 18.0 Å². The molecule has 0 spiro atoms. The Hall–Kier alpha value is -3.85. The van der Waals surface area contributed by atoms with Crippen LogP contribution in [0.1, 0.15) is 49.4 Å². The second-order valence-electron chi connectivity index (χ2n) is 10.5. The fraction of sp³-hybridized carbons (Fsp3) is 0.375.